The Hall–Kier alpha value is -1.31. The van der Waals surface area contributed by atoms with E-state index >= 15 is 0 Å². The van der Waals surface area contributed by atoms with E-state index in [4.69, 9.17) is 0 Å². The lowest BCUT2D eigenvalue weighted by atomic mass is 10.3. The van der Waals surface area contributed by atoms with Crippen LogP contribution in [0.25, 0.3) is 0 Å². The first-order valence-corrected chi connectivity index (χ1v) is 3.81. The van der Waals surface area contributed by atoms with Crippen molar-refractivity contribution >= 4 is 5.69 Å². The molecule has 0 bridgehead atoms. The monoisotopic (exact) mass is 165 g/mol. The summed E-state index contributed by atoms with van der Waals surface area (Å²) >= 11 is 0. The SMILES string of the molecule is C=CCN(C)c1ccc(F)cc1. The fraction of sp³-hybridized carbons (Fsp3) is 0.200. The highest BCUT2D eigenvalue weighted by Gasteiger charge is 1.97. The van der Waals surface area contributed by atoms with Gasteiger partial charge in [0, 0.05) is 19.3 Å². The smallest absolute Gasteiger partial charge is 0.123 e. The summed E-state index contributed by atoms with van der Waals surface area (Å²) in [6.45, 7) is 4.40. The minimum absolute atomic E-state index is 0.203. The molecule has 0 spiro atoms. The molecular formula is C10H12FN. The van der Waals surface area contributed by atoms with Gasteiger partial charge in [0.25, 0.3) is 0 Å². The van der Waals surface area contributed by atoms with Gasteiger partial charge in [0.1, 0.15) is 5.82 Å². The molecule has 64 valence electrons. The summed E-state index contributed by atoms with van der Waals surface area (Å²) in [4.78, 5) is 1.99. The van der Waals surface area contributed by atoms with Crippen LogP contribution in [0.15, 0.2) is 36.9 Å². The number of likely N-dealkylation sites (N-methyl/N-ethyl adjacent to an activating group) is 1. The van der Waals surface area contributed by atoms with Crippen LogP contribution in [0.4, 0.5) is 10.1 Å². The number of anilines is 1. The van der Waals surface area contributed by atoms with Crippen molar-refractivity contribution in [1.82, 2.24) is 0 Å². The summed E-state index contributed by atoms with van der Waals surface area (Å²) in [5.74, 6) is -0.203. The molecule has 0 aliphatic rings. The number of hydrogen-bond acceptors (Lipinski definition) is 1. The Labute approximate surface area is 72.1 Å². The van der Waals surface area contributed by atoms with E-state index in [1.807, 2.05) is 18.0 Å². The molecule has 0 amide bonds. The van der Waals surface area contributed by atoms with Gasteiger partial charge in [-0.05, 0) is 24.3 Å². The molecule has 1 aromatic rings. The van der Waals surface area contributed by atoms with Crippen LogP contribution in [0.1, 0.15) is 0 Å². The Morgan fingerprint density at radius 1 is 1.42 bits per heavy atom. The van der Waals surface area contributed by atoms with E-state index in [1.54, 1.807) is 12.1 Å². The van der Waals surface area contributed by atoms with Crippen LogP contribution in [0.5, 0.6) is 0 Å². The van der Waals surface area contributed by atoms with E-state index in [-0.39, 0.29) is 5.82 Å². The first-order valence-electron chi connectivity index (χ1n) is 3.81. The van der Waals surface area contributed by atoms with Crippen LogP contribution in [0, 0.1) is 5.82 Å². The second kappa shape index (κ2) is 3.90. The zero-order valence-corrected chi connectivity index (χ0v) is 7.13. The Morgan fingerprint density at radius 3 is 2.50 bits per heavy atom. The number of halogens is 1. The maximum absolute atomic E-state index is 12.5. The van der Waals surface area contributed by atoms with Crippen LogP contribution >= 0.6 is 0 Å². The largest absolute Gasteiger partial charge is 0.371 e. The van der Waals surface area contributed by atoms with Gasteiger partial charge < -0.3 is 4.90 Å². The average molecular weight is 165 g/mol. The molecule has 0 saturated carbocycles. The van der Waals surface area contributed by atoms with Crippen LogP contribution < -0.4 is 4.90 Å². The van der Waals surface area contributed by atoms with E-state index in [0.717, 1.165) is 12.2 Å². The molecule has 0 unspecified atom stereocenters. The zero-order chi connectivity index (χ0) is 8.97. The molecule has 1 aromatic carbocycles. The van der Waals surface area contributed by atoms with E-state index in [0.29, 0.717) is 0 Å². The number of hydrogen-bond donors (Lipinski definition) is 0. The lowest BCUT2D eigenvalue weighted by Gasteiger charge is -2.16. The third-order valence-corrected chi connectivity index (χ3v) is 1.67. The van der Waals surface area contributed by atoms with Gasteiger partial charge in [-0.3, -0.25) is 0 Å². The number of rotatable bonds is 3. The summed E-state index contributed by atoms with van der Waals surface area (Å²) in [6, 6.07) is 6.40. The highest BCUT2D eigenvalue weighted by Crippen LogP contribution is 2.12. The predicted molar refractivity (Wildman–Crippen MR) is 49.9 cm³/mol. The van der Waals surface area contributed by atoms with E-state index < -0.39 is 0 Å². The molecule has 0 saturated heterocycles. The van der Waals surface area contributed by atoms with Gasteiger partial charge in [-0.15, -0.1) is 6.58 Å². The molecular weight excluding hydrogens is 153 g/mol. The van der Waals surface area contributed by atoms with Gasteiger partial charge in [-0.1, -0.05) is 6.08 Å². The van der Waals surface area contributed by atoms with Gasteiger partial charge in [0.15, 0.2) is 0 Å². The van der Waals surface area contributed by atoms with Crippen LogP contribution in [-0.2, 0) is 0 Å². The van der Waals surface area contributed by atoms with Crippen LogP contribution in [0.2, 0.25) is 0 Å². The first-order chi connectivity index (χ1) is 5.74. The normalized spacial score (nSPS) is 9.50. The molecule has 0 atom stereocenters. The molecule has 1 nitrogen and oxygen atoms in total. The molecule has 0 aliphatic carbocycles. The standard InChI is InChI=1S/C10H12FN/c1-3-8-12(2)10-6-4-9(11)5-7-10/h3-7H,1,8H2,2H3. The Morgan fingerprint density at radius 2 is 2.00 bits per heavy atom. The third kappa shape index (κ3) is 2.09. The van der Waals surface area contributed by atoms with Crippen molar-refractivity contribution in [2.24, 2.45) is 0 Å². The Kier molecular flexibility index (Phi) is 2.86. The van der Waals surface area contributed by atoms with Crippen molar-refractivity contribution in [1.29, 1.82) is 0 Å². The topological polar surface area (TPSA) is 3.24 Å². The summed E-state index contributed by atoms with van der Waals surface area (Å²) in [5.41, 5.74) is 0.997. The van der Waals surface area contributed by atoms with E-state index in [9.17, 15) is 4.39 Å². The fourth-order valence-electron chi connectivity index (χ4n) is 0.995. The van der Waals surface area contributed by atoms with Crippen molar-refractivity contribution in [2.75, 3.05) is 18.5 Å². The fourth-order valence-corrected chi connectivity index (χ4v) is 0.995. The second-order valence-corrected chi connectivity index (χ2v) is 2.65. The van der Waals surface area contributed by atoms with Crippen LogP contribution in [-0.4, -0.2) is 13.6 Å². The molecule has 12 heavy (non-hydrogen) atoms. The summed E-state index contributed by atoms with van der Waals surface area (Å²) in [6.07, 6.45) is 1.81. The first kappa shape index (κ1) is 8.78. The van der Waals surface area contributed by atoms with Crippen molar-refractivity contribution < 1.29 is 4.39 Å². The van der Waals surface area contributed by atoms with Gasteiger partial charge in [0.05, 0.1) is 0 Å². The molecule has 0 aromatic heterocycles. The van der Waals surface area contributed by atoms with Crippen molar-refractivity contribution in [3.8, 4) is 0 Å². The van der Waals surface area contributed by atoms with Crippen molar-refractivity contribution in [3.63, 3.8) is 0 Å². The van der Waals surface area contributed by atoms with Crippen molar-refractivity contribution in [2.45, 2.75) is 0 Å². The molecule has 0 fully saturated rings. The highest BCUT2D eigenvalue weighted by molar-refractivity contribution is 5.45. The number of benzene rings is 1. The molecule has 1 rings (SSSR count). The van der Waals surface area contributed by atoms with Crippen LogP contribution in [0.3, 0.4) is 0 Å². The summed E-state index contributed by atoms with van der Waals surface area (Å²) in [5, 5.41) is 0. The lowest BCUT2D eigenvalue weighted by Crippen LogP contribution is -2.16. The van der Waals surface area contributed by atoms with Crippen molar-refractivity contribution in [3.05, 3.63) is 42.7 Å². The molecule has 0 aliphatic heterocycles. The lowest BCUT2D eigenvalue weighted by molar-refractivity contribution is 0.627. The molecule has 2 heteroatoms. The molecule has 0 radical (unpaired) electrons. The number of nitrogens with zero attached hydrogens (tertiary/aromatic N) is 1. The van der Waals surface area contributed by atoms with E-state index in [2.05, 4.69) is 6.58 Å². The Bertz CT molecular complexity index is 253. The quantitative estimate of drug-likeness (QED) is 0.622. The summed E-state index contributed by atoms with van der Waals surface area (Å²) < 4.78 is 12.5. The van der Waals surface area contributed by atoms with Gasteiger partial charge >= 0.3 is 0 Å². The Balaban J connectivity index is 2.74. The molecule has 0 heterocycles. The van der Waals surface area contributed by atoms with Gasteiger partial charge in [-0.2, -0.15) is 0 Å². The maximum Gasteiger partial charge on any atom is 0.123 e. The van der Waals surface area contributed by atoms with E-state index in [1.165, 1.54) is 12.1 Å². The average Bonchev–Trinajstić information content (AvgIpc) is 2.06. The predicted octanol–water partition coefficient (Wildman–Crippen LogP) is 2.45. The highest BCUT2D eigenvalue weighted by atomic mass is 19.1. The second-order valence-electron chi connectivity index (χ2n) is 2.65. The zero-order valence-electron chi connectivity index (χ0n) is 7.13. The molecule has 0 N–H and O–H groups in total. The third-order valence-electron chi connectivity index (χ3n) is 1.67. The maximum atomic E-state index is 12.5. The van der Waals surface area contributed by atoms with Gasteiger partial charge in [-0.25, -0.2) is 4.39 Å². The summed E-state index contributed by atoms with van der Waals surface area (Å²) in [7, 11) is 1.94. The van der Waals surface area contributed by atoms with Gasteiger partial charge in [0.2, 0.25) is 0 Å². The minimum atomic E-state index is -0.203. The minimum Gasteiger partial charge on any atom is -0.371 e.